The number of nitrogens with zero attached hydrogens (tertiary/aromatic N) is 3. The SMILES string of the molecule is O=C(/C=C/c1cccc([N+](=O)[O-])c1)Nn1c(C2CCCCC2)nc2ccccc2c1=O. The van der Waals surface area contributed by atoms with Crippen LogP contribution < -0.4 is 11.0 Å². The Kier molecular flexibility index (Phi) is 5.88. The summed E-state index contributed by atoms with van der Waals surface area (Å²) in [6, 6.07) is 13.1. The second-order valence-electron chi connectivity index (χ2n) is 7.62. The molecule has 3 aromatic rings. The van der Waals surface area contributed by atoms with Crippen LogP contribution in [0.2, 0.25) is 0 Å². The van der Waals surface area contributed by atoms with Crippen LogP contribution in [0, 0.1) is 10.1 Å². The second-order valence-corrected chi connectivity index (χ2v) is 7.62. The van der Waals surface area contributed by atoms with Gasteiger partial charge < -0.3 is 0 Å². The molecule has 0 aliphatic heterocycles. The molecule has 158 valence electrons. The maximum Gasteiger partial charge on any atom is 0.280 e. The van der Waals surface area contributed by atoms with Crippen molar-refractivity contribution >= 4 is 28.6 Å². The smallest absolute Gasteiger partial charge is 0.268 e. The van der Waals surface area contributed by atoms with Crippen LogP contribution in [0.15, 0.2) is 59.4 Å². The number of hydrogen-bond donors (Lipinski definition) is 1. The van der Waals surface area contributed by atoms with Crippen molar-refractivity contribution in [1.29, 1.82) is 0 Å². The lowest BCUT2D eigenvalue weighted by atomic mass is 9.88. The van der Waals surface area contributed by atoms with Gasteiger partial charge in [-0.05, 0) is 36.6 Å². The van der Waals surface area contributed by atoms with Crippen molar-refractivity contribution in [3.63, 3.8) is 0 Å². The lowest BCUT2D eigenvalue weighted by Gasteiger charge is -2.24. The number of aromatic nitrogens is 2. The summed E-state index contributed by atoms with van der Waals surface area (Å²) in [6.45, 7) is 0. The van der Waals surface area contributed by atoms with E-state index >= 15 is 0 Å². The van der Waals surface area contributed by atoms with Crippen molar-refractivity contribution in [2.24, 2.45) is 0 Å². The lowest BCUT2D eigenvalue weighted by Crippen LogP contribution is -2.37. The first kappa shape index (κ1) is 20.5. The van der Waals surface area contributed by atoms with Gasteiger partial charge in [0.15, 0.2) is 0 Å². The molecule has 1 aromatic heterocycles. The molecule has 0 bridgehead atoms. The van der Waals surface area contributed by atoms with E-state index in [0.717, 1.165) is 32.1 Å². The number of nitro benzene ring substituents is 1. The van der Waals surface area contributed by atoms with E-state index in [-0.39, 0.29) is 17.2 Å². The first-order chi connectivity index (χ1) is 15.0. The zero-order chi connectivity index (χ0) is 21.8. The average Bonchev–Trinajstić information content (AvgIpc) is 2.80. The number of carbonyl (C=O) groups is 1. The highest BCUT2D eigenvalue weighted by molar-refractivity contribution is 5.97. The minimum atomic E-state index is -0.511. The molecule has 0 atom stereocenters. The molecule has 0 radical (unpaired) electrons. The number of non-ortho nitro benzene ring substituents is 1. The zero-order valence-corrected chi connectivity index (χ0v) is 16.9. The van der Waals surface area contributed by atoms with E-state index in [0.29, 0.717) is 22.3 Å². The Bertz CT molecular complexity index is 1230. The number of nitro groups is 1. The van der Waals surface area contributed by atoms with Gasteiger partial charge in [0.25, 0.3) is 17.2 Å². The molecule has 0 saturated heterocycles. The van der Waals surface area contributed by atoms with Crippen molar-refractivity contribution in [3.8, 4) is 0 Å². The van der Waals surface area contributed by atoms with Crippen LogP contribution >= 0.6 is 0 Å². The minimum Gasteiger partial charge on any atom is -0.268 e. The molecule has 8 heteroatoms. The van der Waals surface area contributed by atoms with Gasteiger partial charge in [0.2, 0.25) is 0 Å². The molecular weight excluding hydrogens is 396 g/mol. The normalized spacial score (nSPS) is 14.7. The Balaban J connectivity index is 1.65. The Morgan fingerprint density at radius 1 is 1.13 bits per heavy atom. The van der Waals surface area contributed by atoms with Crippen molar-refractivity contribution in [2.75, 3.05) is 5.43 Å². The number of carbonyl (C=O) groups excluding carboxylic acids is 1. The molecule has 4 rings (SSSR count). The Morgan fingerprint density at radius 2 is 1.90 bits per heavy atom. The molecule has 1 aliphatic carbocycles. The van der Waals surface area contributed by atoms with Gasteiger partial charge in [0.1, 0.15) is 5.82 Å². The van der Waals surface area contributed by atoms with Crippen LogP contribution in [0.3, 0.4) is 0 Å². The third-order valence-electron chi connectivity index (χ3n) is 5.50. The Morgan fingerprint density at radius 3 is 2.68 bits per heavy atom. The monoisotopic (exact) mass is 418 g/mol. The van der Waals surface area contributed by atoms with Gasteiger partial charge >= 0.3 is 0 Å². The molecule has 1 heterocycles. The van der Waals surface area contributed by atoms with Crippen molar-refractivity contribution < 1.29 is 9.72 Å². The van der Waals surface area contributed by atoms with Crippen LogP contribution in [0.4, 0.5) is 5.69 Å². The first-order valence-electron chi connectivity index (χ1n) is 10.3. The number of nitrogens with one attached hydrogen (secondary N) is 1. The van der Waals surface area contributed by atoms with Crippen LogP contribution in [0.1, 0.15) is 49.4 Å². The summed E-state index contributed by atoms with van der Waals surface area (Å²) in [5, 5.41) is 11.4. The van der Waals surface area contributed by atoms with E-state index < -0.39 is 10.8 Å². The van der Waals surface area contributed by atoms with Crippen molar-refractivity contribution in [3.05, 3.63) is 86.5 Å². The summed E-state index contributed by atoms with van der Waals surface area (Å²) in [4.78, 5) is 40.9. The molecule has 1 amide bonds. The quantitative estimate of drug-likeness (QED) is 0.381. The molecule has 1 saturated carbocycles. The zero-order valence-electron chi connectivity index (χ0n) is 16.9. The fourth-order valence-corrected chi connectivity index (χ4v) is 3.95. The molecule has 31 heavy (non-hydrogen) atoms. The molecule has 8 nitrogen and oxygen atoms in total. The first-order valence-corrected chi connectivity index (χ1v) is 10.3. The Hall–Kier alpha value is -3.81. The van der Waals surface area contributed by atoms with Crippen LogP contribution in [0.5, 0.6) is 0 Å². The van der Waals surface area contributed by atoms with E-state index in [1.807, 2.05) is 6.07 Å². The van der Waals surface area contributed by atoms with Crippen LogP contribution in [-0.2, 0) is 4.79 Å². The number of hydrogen-bond acceptors (Lipinski definition) is 5. The van der Waals surface area contributed by atoms with Gasteiger partial charge in [-0.15, -0.1) is 0 Å². The van der Waals surface area contributed by atoms with Gasteiger partial charge in [-0.3, -0.25) is 25.1 Å². The molecular formula is C23H22N4O4. The Labute approximate surface area is 178 Å². The summed E-state index contributed by atoms with van der Waals surface area (Å²) in [5.74, 6) is 0.162. The van der Waals surface area contributed by atoms with Gasteiger partial charge in [0, 0.05) is 24.1 Å². The minimum absolute atomic E-state index is 0.0582. The van der Waals surface area contributed by atoms with E-state index in [4.69, 9.17) is 4.98 Å². The highest BCUT2D eigenvalue weighted by atomic mass is 16.6. The van der Waals surface area contributed by atoms with Gasteiger partial charge in [-0.25, -0.2) is 9.66 Å². The van der Waals surface area contributed by atoms with E-state index in [2.05, 4.69) is 5.43 Å². The second kappa shape index (κ2) is 8.91. The highest BCUT2D eigenvalue weighted by Crippen LogP contribution is 2.31. The summed E-state index contributed by atoms with van der Waals surface area (Å²) in [5.41, 5.74) is 3.41. The number of para-hydroxylation sites is 1. The molecule has 0 spiro atoms. The van der Waals surface area contributed by atoms with Crippen LogP contribution in [-0.4, -0.2) is 20.5 Å². The lowest BCUT2D eigenvalue weighted by molar-refractivity contribution is -0.384. The highest BCUT2D eigenvalue weighted by Gasteiger charge is 2.23. The van der Waals surface area contributed by atoms with Crippen molar-refractivity contribution in [2.45, 2.75) is 38.0 Å². The third kappa shape index (κ3) is 4.53. The topological polar surface area (TPSA) is 107 Å². The number of benzene rings is 2. The fourth-order valence-electron chi connectivity index (χ4n) is 3.95. The number of amides is 1. The number of rotatable bonds is 5. The predicted octanol–water partition coefficient (Wildman–Crippen LogP) is 4.14. The van der Waals surface area contributed by atoms with Crippen LogP contribution in [0.25, 0.3) is 17.0 Å². The van der Waals surface area contributed by atoms with E-state index in [1.165, 1.54) is 29.0 Å². The predicted molar refractivity (Wildman–Crippen MR) is 118 cm³/mol. The largest absolute Gasteiger partial charge is 0.280 e. The maximum atomic E-state index is 13.1. The van der Waals surface area contributed by atoms with Gasteiger partial charge in [-0.2, -0.15) is 0 Å². The number of fused-ring (bicyclic) bond motifs is 1. The third-order valence-corrected chi connectivity index (χ3v) is 5.50. The van der Waals surface area contributed by atoms with Crippen molar-refractivity contribution in [1.82, 2.24) is 9.66 Å². The fraction of sp³-hybridized carbons (Fsp3) is 0.261. The van der Waals surface area contributed by atoms with E-state index in [1.54, 1.807) is 30.3 Å². The maximum absolute atomic E-state index is 13.1. The molecule has 0 unspecified atom stereocenters. The molecule has 2 aromatic carbocycles. The van der Waals surface area contributed by atoms with Gasteiger partial charge in [-0.1, -0.05) is 43.5 Å². The standard InChI is InChI=1S/C23H22N4O4/c28-21(14-13-16-7-6-10-18(15-16)27(30)31)25-26-22(17-8-2-1-3-9-17)24-20-12-5-4-11-19(20)23(26)29/h4-7,10-15,17H,1-3,8-9H2,(H,25,28)/b14-13+. The average molecular weight is 418 g/mol. The van der Waals surface area contributed by atoms with E-state index in [9.17, 15) is 19.7 Å². The summed E-state index contributed by atoms with van der Waals surface area (Å²) >= 11 is 0. The summed E-state index contributed by atoms with van der Waals surface area (Å²) < 4.78 is 1.26. The molecule has 1 aliphatic rings. The molecule has 1 fully saturated rings. The molecule has 1 N–H and O–H groups in total. The summed E-state index contributed by atoms with van der Waals surface area (Å²) in [7, 11) is 0. The van der Waals surface area contributed by atoms with Gasteiger partial charge in [0.05, 0.1) is 15.8 Å². The summed E-state index contributed by atoms with van der Waals surface area (Å²) in [6.07, 6.45) is 7.86.